The minimum Gasteiger partial charge on any atom is -0.497 e. The Morgan fingerprint density at radius 3 is 2.29 bits per heavy atom. The topological polar surface area (TPSA) is 76.1 Å². The minimum absolute atomic E-state index is 0.0291. The maximum Gasteiger partial charge on any atom is 0.251 e. The Hall–Kier alpha value is -3.41. The normalized spacial score (nSPS) is 13.0. The molecule has 1 fully saturated rings. The van der Waals surface area contributed by atoms with E-state index in [4.69, 9.17) is 4.74 Å². The van der Waals surface area contributed by atoms with Crippen molar-refractivity contribution in [1.82, 2.24) is 15.3 Å². The number of aromatic nitrogens is 2. The highest BCUT2D eigenvalue weighted by Crippen LogP contribution is 2.27. The maximum atomic E-state index is 12.1. The minimum atomic E-state index is -0.0291. The molecule has 6 nitrogen and oxygen atoms in total. The summed E-state index contributed by atoms with van der Waals surface area (Å²) in [7, 11) is 1.64. The molecule has 6 heteroatoms. The summed E-state index contributed by atoms with van der Waals surface area (Å²) in [5, 5.41) is 6.12. The summed E-state index contributed by atoms with van der Waals surface area (Å²) in [4.78, 5) is 20.8. The number of anilines is 2. The van der Waals surface area contributed by atoms with Crippen molar-refractivity contribution in [2.24, 2.45) is 5.92 Å². The van der Waals surface area contributed by atoms with Gasteiger partial charge in [-0.25, -0.2) is 9.97 Å². The first-order valence-electron chi connectivity index (χ1n) is 9.33. The van der Waals surface area contributed by atoms with Gasteiger partial charge < -0.3 is 15.4 Å². The second-order valence-corrected chi connectivity index (χ2v) is 6.88. The lowest BCUT2D eigenvalue weighted by molar-refractivity contribution is 0.0952. The van der Waals surface area contributed by atoms with Crippen molar-refractivity contribution in [3.8, 4) is 16.9 Å². The van der Waals surface area contributed by atoms with Crippen LogP contribution in [0.1, 0.15) is 23.2 Å². The van der Waals surface area contributed by atoms with Crippen molar-refractivity contribution < 1.29 is 9.53 Å². The zero-order valence-electron chi connectivity index (χ0n) is 15.7. The molecule has 0 saturated heterocycles. The molecule has 0 bridgehead atoms. The Balaban J connectivity index is 1.37. The maximum absolute atomic E-state index is 12.1. The molecule has 0 atom stereocenters. The van der Waals surface area contributed by atoms with Gasteiger partial charge in [0, 0.05) is 35.8 Å². The van der Waals surface area contributed by atoms with Crippen LogP contribution in [0.15, 0.2) is 60.9 Å². The molecule has 1 aliphatic rings. The van der Waals surface area contributed by atoms with Crippen LogP contribution in [0.2, 0.25) is 0 Å². The molecule has 0 spiro atoms. The Labute approximate surface area is 164 Å². The van der Waals surface area contributed by atoms with E-state index >= 15 is 0 Å². The zero-order chi connectivity index (χ0) is 19.3. The van der Waals surface area contributed by atoms with Gasteiger partial charge in [-0.05, 0) is 60.7 Å². The number of ether oxygens (including phenoxy) is 1. The molecular weight excluding hydrogens is 352 g/mol. The molecule has 1 aliphatic carbocycles. The van der Waals surface area contributed by atoms with Crippen LogP contribution < -0.4 is 15.4 Å². The third-order valence-corrected chi connectivity index (χ3v) is 4.73. The van der Waals surface area contributed by atoms with Gasteiger partial charge in [-0.3, -0.25) is 4.79 Å². The van der Waals surface area contributed by atoms with Crippen molar-refractivity contribution in [3.63, 3.8) is 0 Å². The van der Waals surface area contributed by atoms with E-state index in [1.807, 2.05) is 36.4 Å². The molecule has 1 amide bonds. The Morgan fingerprint density at radius 1 is 1.00 bits per heavy atom. The smallest absolute Gasteiger partial charge is 0.251 e. The molecule has 28 heavy (non-hydrogen) atoms. The van der Waals surface area contributed by atoms with Crippen molar-refractivity contribution in [1.29, 1.82) is 0 Å². The van der Waals surface area contributed by atoms with E-state index in [9.17, 15) is 4.79 Å². The van der Waals surface area contributed by atoms with E-state index in [0.717, 1.165) is 29.1 Å². The van der Waals surface area contributed by atoms with Crippen LogP contribution in [0, 0.1) is 5.92 Å². The fourth-order valence-electron chi connectivity index (χ4n) is 2.82. The van der Waals surface area contributed by atoms with E-state index in [1.165, 1.54) is 12.8 Å². The molecule has 1 aromatic heterocycles. The third-order valence-electron chi connectivity index (χ3n) is 4.73. The average Bonchev–Trinajstić information content (AvgIpc) is 3.58. The van der Waals surface area contributed by atoms with Gasteiger partial charge in [-0.15, -0.1) is 0 Å². The molecule has 1 heterocycles. The number of carbonyl (C=O) groups is 1. The van der Waals surface area contributed by atoms with Gasteiger partial charge in [0.1, 0.15) is 5.75 Å². The van der Waals surface area contributed by atoms with Crippen LogP contribution in [-0.2, 0) is 0 Å². The number of amides is 1. The largest absolute Gasteiger partial charge is 0.497 e. The fourth-order valence-corrected chi connectivity index (χ4v) is 2.82. The predicted octanol–water partition coefficient (Wildman–Crippen LogP) is 4.04. The number of nitrogens with zero attached hydrogens (tertiary/aromatic N) is 2. The molecule has 0 radical (unpaired) electrons. The Morgan fingerprint density at radius 2 is 1.68 bits per heavy atom. The zero-order valence-corrected chi connectivity index (χ0v) is 15.7. The summed E-state index contributed by atoms with van der Waals surface area (Å²) < 4.78 is 5.17. The van der Waals surface area contributed by atoms with E-state index < -0.39 is 0 Å². The number of methoxy groups -OCH3 is 1. The second kappa shape index (κ2) is 8.08. The van der Waals surface area contributed by atoms with Crippen molar-refractivity contribution >= 4 is 17.5 Å². The molecule has 4 rings (SSSR count). The summed E-state index contributed by atoms with van der Waals surface area (Å²) in [6, 6.07) is 15.1. The third kappa shape index (κ3) is 4.46. The van der Waals surface area contributed by atoms with Crippen LogP contribution in [-0.4, -0.2) is 29.5 Å². The van der Waals surface area contributed by atoms with Gasteiger partial charge in [-0.2, -0.15) is 0 Å². The molecule has 0 aliphatic heterocycles. The van der Waals surface area contributed by atoms with Gasteiger partial charge in [0.25, 0.3) is 5.91 Å². The highest BCUT2D eigenvalue weighted by atomic mass is 16.5. The van der Waals surface area contributed by atoms with Crippen LogP contribution in [0.25, 0.3) is 11.1 Å². The van der Waals surface area contributed by atoms with Gasteiger partial charge in [-0.1, -0.05) is 12.1 Å². The average molecular weight is 374 g/mol. The second-order valence-electron chi connectivity index (χ2n) is 6.88. The standard InChI is InChI=1S/C22H22N4O2/c1-28-20-10-6-16(7-11-20)18-13-24-22(25-14-18)26-19-8-4-17(5-9-19)21(27)23-12-15-2-3-15/h4-11,13-15H,2-3,12H2,1H3,(H,23,27)(H,24,25,26). The number of nitrogens with one attached hydrogen (secondary N) is 2. The van der Waals surface area contributed by atoms with E-state index in [2.05, 4.69) is 20.6 Å². The molecule has 0 unspecified atom stereocenters. The van der Waals surface area contributed by atoms with Crippen molar-refractivity contribution in [2.45, 2.75) is 12.8 Å². The van der Waals surface area contributed by atoms with E-state index in [0.29, 0.717) is 17.4 Å². The number of rotatable bonds is 7. The van der Waals surface area contributed by atoms with Crippen molar-refractivity contribution in [3.05, 3.63) is 66.5 Å². The number of benzene rings is 2. The predicted molar refractivity (Wildman–Crippen MR) is 109 cm³/mol. The number of carbonyl (C=O) groups excluding carboxylic acids is 1. The highest BCUT2D eigenvalue weighted by Gasteiger charge is 2.21. The molecule has 2 aromatic carbocycles. The molecular formula is C22H22N4O2. The summed E-state index contributed by atoms with van der Waals surface area (Å²) in [5.74, 6) is 1.96. The first-order valence-corrected chi connectivity index (χ1v) is 9.33. The van der Waals surface area contributed by atoms with Crippen molar-refractivity contribution in [2.75, 3.05) is 19.0 Å². The van der Waals surface area contributed by atoms with Crippen LogP contribution in [0.4, 0.5) is 11.6 Å². The summed E-state index contributed by atoms with van der Waals surface area (Å²) in [6.07, 6.45) is 5.99. The van der Waals surface area contributed by atoms with Gasteiger partial charge in [0.15, 0.2) is 0 Å². The molecule has 142 valence electrons. The summed E-state index contributed by atoms with van der Waals surface area (Å²) in [6.45, 7) is 0.771. The van der Waals surface area contributed by atoms with Gasteiger partial charge >= 0.3 is 0 Å². The summed E-state index contributed by atoms with van der Waals surface area (Å²) in [5.41, 5.74) is 3.43. The van der Waals surface area contributed by atoms with E-state index in [1.54, 1.807) is 31.6 Å². The number of hydrogen-bond donors (Lipinski definition) is 2. The number of hydrogen-bond acceptors (Lipinski definition) is 5. The van der Waals surface area contributed by atoms with Gasteiger partial charge in [0.2, 0.25) is 5.95 Å². The quantitative estimate of drug-likeness (QED) is 0.653. The van der Waals surface area contributed by atoms with Crippen LogP contribution in [0.3, 0.4) is 0 Å². The van der Waals surface area contributed by atoms with Gasteiger partial charge in [0.05, 0.1) is 7.11 Å². The fraction of sp³-hybridized carbons (Fsp3) is 0.227. The van der Waals surface area contributed by atoms with Crippen LogP contribution >= 0.6 is 0 Å². The SMILES string of the molecule is COc1ccc(-c2cnc(Nc3ccc(C(=O)NCC4CC4)cc3)nc2)cc1. The lowest BCUT2D eigenvalue weighted by Crippen LogP contribution is -2.25. The highest BCUT2D eigenvalue weighted by molar-refractivity contribution is 5.94. The molecule has 3 aromatic rings. The Kier molecular flexibility index (Phi) is 5.19. The lowest BCUT2D eigenvalue weighted by atomic mass is 10.1. The van der Waals surface area contributed by atoms with E-state index in [-0.39, 0.29) is 5.91 Å². The first-order chi connectivity index (χ1) is 13.7. The first kappa shape index (κ1) is 18.0. The molecule has 2 N–H and O–H groups in total. The van der Waals surface area contributed by atoms with Crippen LogP contribution in [0.5, 0.6) is 5.75 Å². The Bertz CT molecular complexity index is 934. The lowest BCUT2D eigenvalue weighted by Gasteiger charge is -2.08. The summed E-state index contributed by atoms with van der Waals surface area (Å²) >= 11 is 0. The molecule has 1 saturated carbocycles. The monoisotopic (exact) mass is 374 g/mol.